The Bertz CT molecular complexity index is 1300. The van der Waals surface area contributed by atoms with Crippen molar-refractivity contribution in [3.8, 4) is 0 Å². The maximum atomic E-state index is 12.8. The number of carbonyl (C=O) groups excluding carboxylic acids is 3. The third-order valence-electron chi connectivity index (χ3n) is 11.9. The third-order valence-corrected chi connectivity index (χ3v) is 11.9. The third kappa shape index (κ3) is 53.4. The number of hydrogen-bond acceptors (Lipinski definition) is 6. The number of hydrogen-bond donors (Lipinski definition) is 0. The van der Waals surface area contributed by atoms with Crippen LogP contribution in [0.4, 0.5) is 0 Å². The molecular weight excluding hydrogens is 829 g/mol. The molecule has 0 aliphatic carbocycles. The van der Waals surface area contributed by atoms with Gasteiger partial charge in [0.15, 0.2) is 6.10 Å². The molecule has 1 atom stereocenters. The van der Waals surface area contributed by atoms with E-state index in [4.69, 9.17) is 14.2 Å². The van der Waals surface area contributed by atoms with E-state index in [1.165, 1.54) is 103 Å². The van der Waals surface area contributed by atoms with Crippen LogP contribution in [0, 0.1) is 0 Å². The highest BCUT2D eigenvalue weighted by Gasteiger charge is 2.19. The first-order chi connectivity index (χ1) is 33.0. The summed E-state index contributed by atoms with van der Waals surface area (Å²) in [6, 6.07) is 0. The van der Waals surface area contributed by atoms with Crippen molar-refractivity contribution in [2.24, 2.45) is 0 Å². The van der Waals surface area contributed by atoms with E-state index in [9.17, 15) is 14.4 Å². The maximum Gasteiger partial charge on any atom is 0.306 e. The molecule has 0 saturated carbocycles. The van der Waals surface area contributed by atoms with Crippen molar-refractivity contribution in [3.63, 3.8) is 0 Å². The van der Waals surface area contributed by atoms with E-state index in [2.05, 4.69) is 106 Å². The van der Waals surface area contributed by atoms with Gasteiger partial charge in [-0.1, -0.05) is 234 Å². The number of esters is 3. The number of carbonyl (C=O) groups is 3. The summed E-state index contributed by atoms with van der Waals surface area (Å²) in [6.07, 6.45) is 71.4. The van der Waals surface area contributed by atoms with E-state index < -0.39 is 6.10 Å². The molecular formula is C61H104O6. The molecule has 0 bridgehead atoms. The summed E-state index contributed by atoms with van der Waals surface area (Å²) in [6.45, 7) is 6.47. The van der Waals surface area contributed by atoms with Crippen LogP contribution < -0.4 is 0 Å². The quantitative estimate of drug-likeness (QED) is 0.0262. The highest BCUT2D eigenvalue weighted by molar-refractivity contribution is 5.71. The van der Waals surface area contributed by atoms with Gasteiger partial charge in [0.2, 0.25) is 0 Å². The molecule has 384 valence electrons. The van der Waals surface area contributed by atoms with Crippen LogP contribution in [0.15, 0.2) is 85.1 Å². The van der Waals surface area contributed by atoms with Gasteiger partial charge in [-0.3, -0.25) is 14.4 Å². The molecule has 0 N–H and O–H groups in total. The van der Waals surface area contributed by atoms with Crippen molar-refractivity contribution < 1.29 is 28.6 Å². The van der Waals surface area contributed by atoms with E-state index in [-0.39, 0.29) is 31.1 Å². The smallest absolute Gasteiger partial charge is 0.306 e. The van der Waals surface area contributed by atoms with Gasteiger partial charge in [-0.15, -0.1) is 0 Å². The average molecular weight is 933 g/mol. The van der Waals surface area contributed by atoms with Crippen molar-refractivity contribution in [1.82, 2.24) is 0 Å². The lowest BCUT2D eigenvalue weighted by Crippen LogP contribution is -2.30. The summed E-state index contributed by atoms with van der Waals surface area (Å²) >= 11 is 0. The summed E-state index contributed by atoms with van der Waals surface area (Å²) in [5.41, 5.74) is 0. The number of rotatable bonds is 50. The molecule has 0 fully saturated rings. The Hall–Kier alpha value is -3.41. The SMILES string of the molecule is CC/C=C\C/C=C\C/C=C\CCCCCCCC(=O)O[C@H](COC(=O)CCCCC/C=C\C/C=C\C/C=C\C/C=C\CCCCC)COC(=O)CCCCCCCCCCCCCCCCC. The average Bonchev–Trinajstić information content (AvgIpc) is 3.33. The lowest BCUT2D eigenvalue weighted by atomic mass is 10.0. The van der Waals surface area contributed by atoms with Gasteiger partial charge in [-0.05, 0) is 96.3 Å². The zero-order valence-corrected chi connectivity index (χ0v) is 43.9. The molecule has 67 heavy (non-hydrogen) atoms. The largest absolute Gasteiger partial charge is 0.462 e. The van der Waals surface area contributed by atoms with Gasteiger partial charge < -0.3 is 14.2 Å². The second kappa shape index (κ2) is 55.2. The molecule has 0 aromatic carbocycles. The van der Waals surface area contributed by atoms with Gasteiger partial charge in [0.25, 0.3) is 0 Å². The Labute approximate surface area is 414 Å². The Kier molecular flexibility index (Phi) is 52.4. The molecule has 0 aromatic rings. The molecule has 0 aliphatic heterocycles. The minimum absolute atomic E-state index is 0.0924. The van der Waals surface area contributed by atoms with Crippen LogP contribution in [-0.4, -0.2) is 37.2 Å². The molecule has 6 heteroatoms. The zero-order valence-electron chi connectivity index (χ0n) is 43.9. The molecule has 0 unspecified atom stereocenters. The predicted molar refractivity (Wildman–Crippen MR) is 288 cm³/mol. The lowest BCUT2D eigenvalue weighted by molar-refractivity contribution is -0.167. The Morgan fingerprint density at radius 3 is 0.955 bits per heavy atom. The number of unbranched alkanes of at least 4 members (excludes halogenated alkanes) is 25. The van der Waals surface area contributed by atoms with Crippen molar-refractivity contribution in [2.45, 2.75) is 271 Å². The van der Waals surface area contributed by atoms with Gasteiger partial charge in [-0.25, -0.2) is 0 Å². The molecule has 0 aromatic heterocycles. The molecule has 0 heterocycles. The van der Waals surface area contributed by atoms with E-state index in [0.717, 1.165) is 122 Å². The fraction of sp³-hybridized carbons (Fsp3) is 0.721. The van der Waals surface area contributed by atoms with E-state index in [0.29, 0.717) is 19.3 Å². The van der Waals surface area contributed by atoms with Crippen molar-refractivity contribution in [2.75, 3.05) is 13.2 Å². The first-order valence-corrected chi connectivity index (χ1v) is 28.1. The molecule has 6 nitrogen and oxygen atoms in total. The molecule has 0 rings (SSSR count). The second-order valence-corrected chi connectivity index (χ2v) is 18.5. The normalized spacial score (nSPS) is 12.7. The van der Waals surface area contributed by atoms with Crippen molar-refractivity contribution in [1.29, 1.82) is 0 Å². The van der Waals surface area contributed by atoms with E-state index >= 15 is 0 Å². The number of allylic oxidation sites excluding steroid dienone is 14. The molecule has 0 radical (unpaired) electrons. The minimum Gasteiger partial charge on any atom is -0.462 e. The highest BCUT2D eigenvalue weighted by Crippen LogP contribution is 2.15. The van der Waals surface area contributed by atoms with Gasteiger partial charge in [0, 0.05) is 19.3 Å². The first kappa shape index (κ1) is 63.6. The van der Waals surface area contributed by atoms with Gasteiger partial charge in [-0.2, -0.15) is 0 Å². The fourth-order valence-electron chi connectivity index (χ4n) is 7.68. The zero-order chi connectivity index (χ0) is 48.6. The Morgan fingerprint density at radius 1 is 0.313 bits per heavy atom. The topological polar surface area (TPSA) is 78.9 Å². The van der Waals surface area contributed by atoms with Crippen LogP contribution in [0.25, 0.3) is 0 Å². The minimum atomic E-state index is -0.798. The summed E-state index contributed by atoms with van der Waals surface area (Å²) < 4.78 is 16.8. The lowest BCUT2D eigenvalue weighted by Gasteiger charge is -2.18. The second-order valence-electron chi connectivity index (χ2n) is 18.5. The van der Waals surface area contributed by atoms with Crippen LogP contribution >= 0.6 is 0 Å². The Balaban J connectivity index is 4.46. The van der Waals surface area contributed by atoms with Gasteiger partial charge in [0.1, 0.15) is 13.2 Å². The first-order valence-electron chi connectivity index (χ1n) is 28.1. The molecule has 0 spiro atoms. The van der Waals surface area contributed by atoms with E-state index in [1.807, 2.05) is 0 Å². The predicted octanol–water partition coefficient (Wildman–Crippen LogP) is 18.8. The summed E-state index contributed by atoms with van der Waals surface area (Å²) in [5.74, 6) is -0.936. The maximum absolute atomic E-state index is 12.8. The van der Waals surface area contributed by atoms with Crippen LogP contribution in [0.5, 0.6) is 0 Å². The van der Waals surface area contributed by atoms with Crippen LogP contribution in [-0.2, 0) is 28.6 Å². The summed E-state index contributed by atoms with van der Waals surface area (Å²) in [7, 11) is 0. The van der Waals surface area contributed by atoms with E-state index in [1.54, 1.807) is 0 Å². The van der Waals surface area contributed by atoms with Crippen LogP contribution in [0.1, 0.15) is 265 Å². The Morgan fingerprint density at radius 2 is 0.582 bits per heavy atom. The standard InChI is InChI=1S/C61H104O6/c1-4-7-10-13-16-19-22-25-28-29-30-31-34-36-39-42-45-48-51-54-60(63)66-57-58(67-61(64)55-52-49-46-43-40-37-33-27-24-21-18-15-12-9-6-3)56-65-59(62)53-50-47-44-41-38-35-32-26-23-20-17-14-11-8-5-2/h9,12,16,18-19,21,25,27-28,30-31,33,36,39,58H,4-8,10-11,13-15,17,20,22-24,26,29,32,34-35,37-38,40-57H2,1-3H3/b12-9-,19-16-,21-18-,28-25-,31-30-,33-27-,39-36-/t58-/m0/s1. The molecule has 0 amide bonds. The monoisotopic (exact) mass is 933 g/mol. The van der Waals surface area contributed by atoms with Crippen molar-refractivity contribution in [3.05, 3.63) is 85.1 Å². The van der Waals surface area contributed by atoms with Crippen LogP contribution in [0.3, 0.4) is 0 Å². The fourth-order valence-corrected chi connectivity index (χ4v) is 7.68. The summed E-state index contributed by atoms with van der Waals surface area (Å²) in [4.78, 5) is 38.1. The van der Waals surface area contributed by atoms with Gasteiger partial charge >= 0.3 is 17.9 Å². The van der Waals surface area contributed by atoms with Crippen molar-refractivity contribution >= 4 is 17.9 Å². The van der Waals surface area contributed by atoms with Gasteiger partial charge in [0.05, 0.1) is 0 Å². The van der Waals surface area contributed by atoms with Crippen LogP contribution in [0.2, 0.25) is 0 Å². The molecule has 0 saturated heterocycles. The molecule has 0 aliphatic rings. The summed E-state index contributed by atoms with van der Waals surface area (Å²) in [5, 5.41) is 0. The number of ether oxygens (including phenoxy) is 3. The highest BCUT2D eigenvalue weighted by atomic mass is 16.6.